The number of ether oxygens (including phenoxy) is 1. The van der Waals surface area contributed by atoms with Crippen molar-refractivity contribution in [3.8, 4) is 0 Å². The van der Waals surface area contributed by atoms with Crippen LogP contribution in [0.1, 0.15) is 46.0 Å². The largest absolute Gasteiger partial charge is 0.466 e. The fourth-order valence-corrected chi connectivity index (χ4v) is 1.75. The van der Waals surface area contributed by atoms with E-state index < -0.39 is 0 Å². The highest BCUT2D eigenvalue weighted by atomic mass is 16.5. The summed E-state index contributed by atoms with van der Waals surface area (Å²) in [7, 11) is 1.38. The van der Waals surface area contributed by atoms with Gasteiger partial charge in [0.05, 0.1) is 13.7 Å². The zero-order valence-corrected chi connectivity index (χ0v) is 10.7. The molecule has 1 unspecified atom stereocenters. The Morgan fingerprint density at radius 1 is 1.44 bits per heavy atom. The molecule has 1 N–H and O–H groups in total. The van der Waals surface area contributed by atoms with Crippen LogP contribution in [0.2, 0.25) is 0 Å². The highest BCUT2D eigenvalue weighted by Gasteiger charge is 2.15. The average molecular weight is 228 g/mol. The standard InChI is InChI=1S/C13H24O3/c1-4-6-7-11(5-2)10-12(8-9-14)13(15)16-3/h8,11,14H,4-7,9-10H2,1-3H3. The molecular formula is C13H24O3. The Labute approximate surface area is 98.5 Å². The Kier molecular flexibility index (Phi) is 8.91. The van der Waals surface area contributed by atoms with Gasteiger partial charge in [0, 0.05) is 5.57 Å². The highest BCUT2D eigenvalue weighted by molar-refractivity contribution is 5.88. The van der Waals surface area contributed by atoms with Crippen LogP contribution in [0.4, 0.5) is 0 Å². The summed E-state index contributed by atoms with van der Waals surface area (Å²) in [4.78, 5) is 11.4. The van der Waals surface area contributed by atoms with Crippen molar-refractivity contribution in [1.82, 2.24) is 0 Å². The summed E-state index contributed by atoms with van der Waals surface area (Å²) in [5.41, 5.74) is 0.605. The molecule has 0 heterocycles. The number of rotatable bonds is 8. The molecule has 0 fully saturated rings. The molecule has 1 atom stereocenters. The van der Waals surface area contributed by atoms with Crippen LogP contribution in [0, 0.1) is 5.92 Å². The molecule has 16 heavy (non-hydrogen) atoms. The molecule has 0 bridgehead atoms. The molecule has 0 saturated heterocycles. The van der Waals surface area contributed by atoms with Gasteiger partial charge in [0.2, 0.25) is 0 Å². The Morgan fingerprint density at radius 3 is 2.56 bits per heavy atom. The molecule has 0 aromatic heterocycles. The van der Waals surface area contributed by atoms with Crippen molar-refractivity contribution in [2.45, 2.75) is 46.0 Å². The first kappa shape index (κ1) is 15.2. The number of carbonyl (C=O) groups is 1. The average Bonchev–Trinajstić information content (AvgIpc) is 2.32. The number of hydrogen-bond acceptors (Lipinski definition) is 3. The number of aliphatic hydroxyl groups is 1. The molecule has 0 rings (SSSR count). The second kappa shape index (κ2) is 9.40. The quantitative estimate of drug-likeness (QED) is 0.513. The molecule has 0 aromatic rings. The lowest BCUT2D eigenvalue weighted by atomic mass is 9.92. The van der Waals surface area contributed by atoms with Crippen molar-refractivity contribution >= 4 is 5.97 Å². The molecule has 0 amide bonds. The van der Waals surface area contributed by atoms with Gasteiger partial charge in [0.15, 0.2) is 0 Å². The Morgan fingerprint density at radius 2 is 2.12 bits per heavy atom. The van der Waals surface area contributed by atoms with Gasteiger partial charge in [-0.25, -0.2) is 4.79 Å². The number of unbranched alkanes of at least 4 members (excludes halogenated alkanes) is 1. The van der Waals surface area contributed by atoms with Crippen molar-refractivity contribution in [2.75, 3.05) is 13.7 Å². The molecule has 94 valence electrons. The topological polar surface area (TPSA) is 46.5 Å². The van der Waals surface area contributed by atoms with Crippen LogP contribution in [-0.2, 0) is 9.53 Å². The van der Waals surface area contributed by atoms with E-state index in [-0.39, 0.29) is 12.6 Å². The van der Waals surface area contributed by atoms with Crippen LogP contribution in [0.15, 0.2) is 11.6 Å². The van der Waals surface area contributed by atoms with E-state index in [1.807, 2.05) is 0 Å². The summed E-state index contributed by atoms with van der Waals surface area (Å²) in [6.07, 6.45) is 6.82. The van der Waals surface area contributed by atoms with Crippen LogP contribution >= 0.6 is 0 Å². The summed E-state index contributed by atoms with van der Waals surface area (Å²) in [5.74, 6) is 0.195. The first-order chi connectivity index (χ1) is 7.69. The van der Waals surface area contributed by atoms with Crippen molar-refractivity contribution < 1.29 is 14.6 Å². The molecule has 0 aromatic carbocycles. The SMILES string of the molecule is CCCCC(CC)CC(=CCO)C(=O)OC. The number of aliphatic hydroxyl groups excluding tert-OH is 1. The van der Waals surface area contributed by atoms with Gasteiger partial charge in [0.1, 0.15) is 0 Å². The Balaban J connectivity index is 4.35. The zero-order chi connectivity index (χ0) is 12.4. The molecule has 3 heteroatoms. The number of carbonyl (C=O) groups excluding carboxylic acids is 1. The molecule has 0 aliphatic carbocycles. The number of hydrogen-bond donors (Lipinski definition) is 1. The minimum Gasteiger partial charge on any atom is -0.466 e. The van der Waals surface area contributed by atoms with E-state index >= 15 is 0 Å². The lowest BCUT2D eigenvalue weighted by Crippen LogP contribution is -2.11. The van der Waals surface area contributed by atoms with Crippen LogP contribution in [0.5, 0.6) is 0 Å². The van der Waals surface area contributed by atoms with Crippen molar-refractivity contribution in [1.29, 1.82) is 0 Å². The van der Waals surface area contributed by atoms with Gasteiger partial charge in [-0.15, -0.1) is 0 Å². The summed E-state index contributed by atoms with van der Waals surface area (Å²) in [6, 6.07) is 0. The monoisotopic (exact) mass is 228 g/mol. The van der Waals surface area contributed by atoms with E-state index in [1.54, 1.807) is 6.08 Å². The third-order valence-corrected chi connectivity index (χ3v) is 2.84. The van der Waals surface area contributed by atoms with E-state index in [2.05, 4.69) is 13.8 Å². The van der Waals surface area contributed by atoms with E-state index in [4.69, 9.17) is 9.84 Å². The van der Waals surface area contributed by atoms with Gasteiger partial charge in [-0.3, -0.25) is 0 Å². The molecule has 0 aliphatic heterocycles. The second-order valence-corrected chi connectivity index (χ2v) is 4.02. The maximum atomic E-state index is 11.4. The summed E-state index contributed by atoms with van der Waals surface area (Å²) in [6.45, 7) is 4.19. The third-order valence-electron chi connectivity index (χ3n) is 2.84. The fourth-order valence-electron chi connectivity index (χ4n) is 1.75. The minimum atomic E-state index is -0.316. The van der Waals surface area contributed by atoms with Crippen LogP contribution in [0.3, 0.4) is 0 Å². The minimum absolute atomic E-state index is 0.103. The lowest BCUT2D eigenvalue weighted by Gasteiger charge is -2.15. The predicted molar refractivity (Wildman–Crippen MR) is 65.1 cm³/mol. The Bertz CT molecular complexity index is 221. The van der Waals surface area contributed by atoms with Gasteiger partial charge < -0.3 is 9.84 Å². The van der Waals surface area contributed by atoms with Gasteiger partial charge >= 0.3 is 5.97 Å². The van der Waals surface area contributed by atoms with E-state index in [9.17, 15) is 4.79 Å². The second-order valence-electron chi connectivity index (χ2n) is 4.02. The predicted octanol–water partition coefficient (Wildman–Crippen LogP) is 2.68. The van der Waals surface area contributed by atoms with Gasteiger partial charge in [-0.05, 0) is 18.4 Å². The van der Waals surface area contributed by atoms with Crippen molar-refractivity contribution in [3.05, 3.63) is 11.6 Å². The van der Waals surface area contributed by atoms with Gasteiger partial charge in [-0.1, -0.05) is 39.5 Å². The van der Waals surface area contributed by atoms with Crippen LogP contribution in [-0.4, -0.2) is 24.8 Å². The zero-order valence-electron chi connectivity index (χ0n) is 10.7. The molecule has 3 nitrogen and oxygen atoms in total. The summed E-state index contributed by atoms with van der Waals surface area (Å²) >= 11 is 0. The lowest BCUT2D eigenvalue weighted by molar-refractivity contribution is -0.136. The Hall–Kier alpha value is -0.830. The summed E-state index contributed by atoms with van der Waals surface area (Å²) in [5, 5.41) is 8.86. The third kappa shape index (κ3) is 5.91. The normalized spacial score (nSPS) is 13.6. The first-order valence-corrected chi connectivity index (χ1v) is 6.07. The molecule has 0 saturated carbocycles. The molecule has 0 radical (unpaired) electrons. The summed E-state index contributed by atoms with van der Waals surface area (Å²) < 4.78 is 4.70. The van der Waals surface area contributed by atoms with E-state index in [0.717, 1.165) is 12.8 Å². The van der Waals surface area contributed by atoms with Gasteiger partial charge in [-0.2, -0.15) is 0 Å². The maximum Gasteiger partial charge on any atom is 0.333 e. The molecule has 0 aliphatic rings. The molecule has 0 spiro atoms. The maximum absolute atomic E-state index is 11.4. The highest BCUT2D eigenvalue weighted by Crippen LogP contribution is 2.21. The van der Waals surface area contributed by atoms with Gasteiger partial charge in [0.25, 0.3) is 0 Å². The number of methoxy groups -OCH3 is 1. The van der Waals surface area contributed by atoms with E-state index in [0.29, 0.717) is 17.9 Å². The van der Waals surface area contributed by atoms with E-state index in [1.165, 1.54) is 20.0 Å². The number of esters is 1. The van der Waals surface area contributed by atoms with Crippen LogP contribution < -0.4 is 0 Å². The first-order valence-electron chi connectivity index (χ1n) is 6.07. The van der Waals surface area contributed by atoms with Crippen molar-refractivity contribution in [2.24, 2.45) is 5.92 Å². The fraction of sp³-hybridized carbons (Fsp3) is 0.769. The molecular weight excluding hydrogens is 204 g/mol. The van der Waals surface area contributed by atoms with Crippen molar-refractivity contribution in [3.63, 3.8) is 0 Å². The smallest absolute Gasteiger partial charge is 0.333 e. The van der Waals surface area contributed by atoms with Crippen LogP contribution in [0.25, 0.3) is 0 Å².